The molecule has 1 aromatic heterocycles. The minimum absolute atomic E-state index is 0.252. The molecule has 0 saturated heterocycles. The monoisotopic (exact) mass is 314 g/mol. The van der Waals surface area contributed by atoms with Crippen LogP contribution in [0.25, 0.3) is 10.6 Å². The highest BCUT2D eigenvalue weighted by Gasteiger charge is 2.06. The first-order valence-corrected chi connectivity index (χ1v) is 6.92. The van der Waals surface area contributed by atoms with Gasteiger partial charge in [0.2, 0.25) is 0 Å². The van der Waals surface area contributed by atoms with Gasteiger partial charge in [0.05, 0.1) is 0 Å². The molecule has 1 heterocycles. The van der Waals surface area contributed by atoms with Gasteiger partial charge in [0.1, 0.15) is 10.8 Å². The summed E-state index contributed by atoms with van der Waals surface area (Å²) >= 11 is 4.87. The van der Waals surface area contributed by atoms with Crippen molar-refractivity contribution < 1.29 is 4.39 Å². The number of nitrogens with one attached hydrogen (secondary N) is 1. The summed E-state index contributed by atoms with van der Waals surface area (Å²) in [7, 11) is 0. The quantitative estimate of drug-likeness (QED) is 0.928. The summed E-state index contributed by atoms with van der Waals surface area (Å²) in [6, 6.07) is 4.82. The lowest BCUT2D eigenvalue weighted by Gasteiger charge is -1.98. The Kier molecular flexibility index (Phi) is 4.25. The summed E-state index contributed by atoms with van der Waals surface area (Å²) in [5, 5.41) is 4.08. The summed E-state index contributed by atoms with van der Waals surface area (Å²) < 4.78 is 14.0. The normalized spacial score (nSPS) is 10.8. The average molecular weight is 315 g/mol. The largest absolute Gasteiger partial charge is 0.312 e. The van der Waals surface area contributed by atoms with Gasteiger partial charge in [0.15, 0.2) is 0 Å². The third kappa shape index (κ3) is 3.34. The van der Waals surface area contributed by atoms with Gasteiger partial charge in [-0.3, -0.25) is 0 Å². The van der Waals surface area contributed by atoms with Crippen LogP contribution in [0.2, 0.25) is 0 Å². The maximum absolute atomic E-state index is 13.3. The maximum atomic E-state index is 13.3. The van der Waals surface area contributed by atoms with Crippen molar-refractivity contribution in [2.75, 3.05) is 6.54 Å². The van der Waals surface area contributed by atoms with Crippen molar-refractivity contribution in [3.8, 4) is 10.6 Å². The first-order chi connectivity index (χ1) is 8.19. The van der Waals surface area contributed by atoms with E-state index >= 15 is 0 Å². The van der Waals surface area contributed by atoms with E-state index in [-0.39, 0.29) is 5.82 Å². The van der Waals surface area contributed by atoms with Crippen LogP contribution in [0.4, 0.5) is 4.39 Å². The molecule has 0 spiro atoms. The van der Waals surface area contributed by atoms with E-state index in [2.05, 4.69) is 33.2 Å². The molecule has 0 unspecified atom stereocenters. The predicted molar refractivity (Wildman–Crippen MR) is 72.6 cm³/mol. The lowest BCUT2D eigenvalue weighted by Crippen LogP contribution is -2.10. The van der Waals surface area contributed by atoms with E-state index in [1.807, 2.05) is 12.3 Å². The average Bonchev–Trinajstić information content (AvgIpc) is 2.73. The lowest BCUT2D eigenvalue weighted by atomic mass is 10.2. The number of hydrogen-bond donors (Lipinski definition) is 1. The minimum atomic E-state index is -0.252. The van der Waals surface area contributed by atoms with E-state index in [1.54, 1.807) is 11.3 Å². The van der Waals surface area contributed by atoms with Gasteiger partial charge in [0, 0.05) is 27.7 Å². The SMILES string of the molecule is CCNCc1cnc(-c2cc(F)cc(Br)c2)s1. The second-order valence-corrected chi connectivity index (χ2v) is 5.60. The summed E-state index contributed by atoms with van der Waals surface area (Å²) in [4.78, 5) is 5.47. The fourth-order valence-corrected chi connectivity index (χ4v) is 2.78. The Balaban J connectivity index is 2.24. The first kappa shape index (κ1) is 12.7. The number of halogens is 2. The molecule has 0 saturated carbocycles. The maximum Gasteiger partial charge on any atom is 0.125 e. The van der Waals surface area contributed by atoms with Crippen LogP contribution in [0.5, 0.6) is 0 Å². The van der Waals surface area contributed by atoms with Crippen molar-refractivity contribution >= 4 is 27.3 Å². The highest BCUT2D eigenvalue weighted by molar-refractivity contribution is 9.10. The van der Waals surface area contributed by atoms with Crippen LogP contribution < -0.4 is 5.32 Å². The van der Waals surface area contributed by atoms with E-state index in [4.69, 9.17) is 0 Å². The standard InChI is InChI=1S/C12H12BrFN2S/c1-2-15-6-11-7-16-12(17-11)8-3-9(13)5-10(14)4-8/h3-5,7,15H,2,6H2,1H3. The van der Waals surface area contributed by atoms with Crippen molar-refractivity contribution in [2.45, 2.75) is 13.5 Å². The van der Waals surface area contributed by atoms with Crippen molar-refractivity contribution in [2.24, 2.45) is 0 Å². The third-order valence-electron chi connectivity index (χ3n) is 2.21. The van der Waals surface area contributed by atoms with Gasteiger partial charge >= 0.3 is 0 Å². The minimum Gasteiger partial charge on any atom is -0.312 e. The summed E-state index contributed by atoms with van der Waals surface area (Å²) in [6.07, 6.45) is 1.83. The van der Waals surface area contributed by atoms with Crippen LogP contribution >= 0.6 is 27.3 Å². The van der Waals surface area contributed by atoms with E-state index in [1.165, 1.54) is 12.1 Å². The topological polar surface area (TPSA) is 24.9 Å². The Labute approximate surface area is 112 Å². The fourth-order valence-electron chi connectivity index (χ4n) is 1.45. The highest BCUT2D eigenvalue weighted by Crippen LogP contribution is 2.28. The molecule has 5 heteroatoms. The van der Waals surface area contributed by atoms with Gasteiger partial charge < -0.3 is 5.32 Å². The second-order valence-electron chi connectivity index (χ2n) is 3.57. The molecule has 17 heavy (non-hydrogen) atoms. The molecule has 2 nitrogen and oxygen atoms in total. The lowest BCUT2D eigenvalue weighted by molar-refractivity contribution is 0.627. The Morgan fingerprint density at radius 3 is 2.94 bits per heavy atom. The van der Waals surface area contributed by atoms with Crippen LogP contribution in [0.15, 0.2) is 28.9 Å². The van der Waals surface area contributed by atoms with Gasteiger partial charge in [-0.05, 0) is 24.7 Å². The fraction of sp³-hybridized carbons (Fsp3) is 0.250. The molecular formula is C12H12BrFN2S. The second kappa shape index (κ2) is 5.71. The van der Waals surface area contributed by atoms with Crippen LogP contribution in [-0.2, 0) is 6.54 Å². The highest BCUT2D eigenvalue weighted by atomic mass is 79.9. The molecule has 2 rings (SSSR count). The molecule has 0 fully saturated rings. The van der Waals surface area contributed by atoms with Gasteiger partial charge in [-0.25, -0.2) is 9.37 Å². The molecule has 0 bridgehead atoms. The first-order valence-electron chi connectivity index (χ1n) is 5.31. The van der Waals surface area contributed by atoms with Gasteiger partial charge in [-0.2, -0.15) is 0 Å². The molecule has 1 N–H and O–H groups in total. The van der Waals surface area contributed by atoms with E-state index in [9.17, 15) is 4.39 Å². The predicted octanol–water partition coefficient (Wildman–Crippen LogP) is 3.82. The molecule has 0 aliphatic carbocycles. The molecule has 0 radical (unpaired) electrons. The summed E-state index contributed by atoms with van der Waals surface area (Å²) in [6.45, 7) is 3.80. The van der Waals surface area contributed by atoms with Crippen LogP contribution in [0.1, 0.15) is 11.8 Å². The van der Waals surface area contributed by atoms with Gasteiger partial charge in [-0.15, -0.1) is 11.3 Å². The molecule has 0 atom stereocenters. The Morgan fingerprint density at radius 2 is 2.24 bits per heavy atom. The zero-order valence-corrected chi connectivity index (χ0v) is 11.7. The van der Waals surface area contributed by atoms with Gasteiger partial charge in [0.25, 0.3) is 0 Å². The zero-order chi connectivity index (χ0) is 12.3. The van der Waals surface area contributed by atoms with Crippen molar-refractivity contribution in [3.05, 3.63) is 39.6 Å². The number of thiazole rings is 1. The number of nitrogens with zero attached hydrogens (tertiary/aromatic N) is 1. The summed E-state index contributed by atoms with van der Waals surface area (Å²) in [5.74, 6) is -0.252. The number of rotatable bonds is 4. The van der Waals surface area contributed by atoms with Crippen molar-refractivity contribution in [1.29, 1.82) is 0 Å². The van der Waals surface area contributed by atoms with Crippen molar-refractivity contribution in [1.82, 2.24) is 10.3 Å². The Morgan fingerprint density at radius 1 is 1.41 bits per heavy atom. The molecule has 0 aliphatic rings. The Hall–Kier alpha value is -0.780. The molecule has 0 aliphatic heterocycles. The van der Waals surface area contributed by atoms with E-state index in [0.717, 1.165) is 33.0 Å². The molecular weight excluding hydrogens is 303 g/mol. The Bertz CT molecular complexity index is 493. The number of hydrogen-bond acceptors (Lipinski definition) is 3. The van der Waals surface area contributed by atoms with E-state index in [0.29, 0.717) is 0 Å². The number of benzene rings is 1. The molecule has 1 aromatic carbocycles. The molecule has 0 amide bonds. The third-order valence-corrected chi connectivity index (χ3v) is 3.72. The smallest absolute Gasteiger partial charge is 0.125 e. The zero-order valence-electron chi connectivity index (χ0n) is 9.34. The van der Waals surface area contributed by atoms with Crippen LogP contribution in [0, 0.1) is 5.82 Å². The molecule has 2 aromatic rings. The van der Waals surface area contributed by atoms with Gasteiger partial charge in [-0.1, -0.05) is 22.9 Å². The summed E-state index contributed by atoms with van der Waals surface area (Å²) in [5.41, 5.74) is 0.810. The molecule has 90 valence electrons. The van der Waals surface area contributed by atoms with Crippen molar-refractivity contribution in [3.63, 3.8) is 0 Å². The van der Waals surface area contributed by atoms with Crippen LogP contribution in [-0.4, -0.2) is 11.5 Å². The van der Waals surface area contributed by atoms with E-state index < -0.39 is 0 Å². The number of aromatic nitrogens is 1. The van der Waals surface area contributed by atoms with Crippen LogP contribution in [0.3, 0.4) is 0 Å².